The van der Waals surface area contributed by atoms with E-state index in [2.05, 4.69) is 10.9 Å². The molecule has 3 aromatic rings. The Bertz CT molecular complexity index is 932. The van der Waals surface area contributed by atoms with Crippen molar-refractivity contribution in [1.82, 2.24) is 10.9 Å². The molecule has 0 atom stereocenters. The number of hydrogen-bond donors (Lipinski definition) is 2. The van der Waals surface area contributed by atoms with Crippen LogP contribution in [0.3, 0.4) is 0 Å². The maximum absolute atomic E-state index is 12.8. The van der Waals surface area contributed by atoms with Crippen molar-refractivity contribution >= 4 is 11.8 Å². The second-order valence-electron chi connectivity index (χ2n) is 6.85. The Kier molecular flexibility index (Phi) is 6.63. The fourth-order valence-corrected chi connectivity index (χ4v) is 3.13. The molecular formula is C24H24N2O3. The number of nitrogens with one attached hydrogen (secondary N) is 2. The Labute approximate surface area is 170 Å². The molecule has 0 radical (unpaired) electrons. The van der Waals surface area contributed by atoms with Crippen molar-refractivity contribution in [3.05, 3.63) is 101 Å². The Morgan fingerprint density at radius 3 is 1.97 bits per heavy atom. The van der Waals surface area contributed by atoms with Gasteiger partial charge in [-0.25, -0.2) is 0 Å². The van der Waals surface area contributed by atoms with E-state index in [9.17, 15) is 9.59 Å². The Morgan fingerprint density at radius 1 is 0.828 bits per heavy atom. The summed E-state index contributed by atoms with van der Waals surface area (Å²) < 4.78 is 5.55. The van der Waals surface area contributed by atoms with E-state index in [-0.39, 0.29) is 12.5 Å². The van der Waals surface area contributed by atoms with Crippen LogP contribution in [0.25, 0.3) is 0 Å². The van der Waals surface area contributed by atoms with E-state index < -0.39 is 11.8 Å². The number of hydrazine groups is 1. The summed E-state index contributed by atoms with van der Waals surface area (Å²) in [4.78, 5) is 25.0. The van der Waals surface area contributed by atoms with Gasteiger partial charge in [0.2, 0.25) is 5.91 Å². The second kappa shape index (κ2) is 9.55. The van der Waals surface area contributed by atoms with Crippen LogP contribution in [0.1, 0.15) is 28.2 Å². The molecule has 0 aliphatic heterocycles. The second-order valence-corrected chi connectivity index (χ2v) is 6.85. The van der Waals surface area contributed by atoms with E-state index in [0.29, 0.717) is 5.75 Å². The number of rotatable bonds is 6. The molecule has 0 saturated heterocycles. The van der Waals surface area contributed by atoms with Gasteiger partial charge >= 0.3 is 0 Å². The van der Waals surface area contributed by atoms with E-state index in [4.69, 9.17) is 4.74 Å². The summed E-state index contributed by atoms with van der Waals surface area (Å²) in [5.74, 6) is -0.637. The van der Waals surface area contributed by atoms with Crippen molar-refractivity contribution in [1.29, 1.82) is 0 Å². The van der Waals surface area contributed by atoms with Crippen LogP contribution in [0.2, 0.25) is 0 Å². The first kappa shape index (κ1) is 20.1. The summed E-state index contributed by atoms with van der Waals surface area (Å²) in [5, 5.41) is 0. The molecule has 0 aliphatic rings. The molecule has 0 fully saturated rings. The highest BCUT2D eigenvalue weighted by molar-refractivity contribution is 5.89. The maximum Gasteiger partial charge on any atom is 0.276 e. The highest BCUT2D eigenvalue weighted by Gasteiger charge is 2.22. The topological polar surface area (TPSA) is 67.4 Å². The molecule has 0 spiro atoms. The quantitative estimate of drug-likeness (QED) is 0.633. The number of carbonyl (C=O) groups excluding carboxylic acids is 2. The molecule has 0 unspecified atom stereocenters. The molecule has 29 heavy (non-hydrogen) atoms. The molecular weight excluding hydrogens is 364 g/mol. The monoisotopic (exact) mass is 388 g/mol. The number of aryl methyl sites for hydroxylation is 2. The average molecular weight is 388 g/mol. The smallest absolute Gasteiger partial charge is 0.276 e. The van der Waals surface area contributed by atoms with E-state index in [1.165, 1.54) is 0 Å². The lowest BCUT2D eigenvalue weighted by molar-refractivity contribution is -0.130. The molecule has 2 amide bonds. The largest absolute Gasteiger partial charge is 0.483 e. The third-order valence-corrected chi connectivity index (χ3v) is 4.54. The molecule has 0 heterocycles. The predicted molar refractivity (Wildman–Crippen MR) is 112 cm³/mol. The lowest BCUT2D eigenvalue weighted by Gasteiger charge is -2.18. The van der Waals surface area contributed by atoms with Gasteiger partial charge in [-0.15, -0.1) is 0 Å². The lowest BCUT2D eigenvalue weighted by Crippen LogP contribution is -2.46. The number of benzene rings is 3. The molecule has 5 heteroatoms. The van der Waals surface area contributed by atoms with Crippen molar-refractivity contribution in [3.63, 3.8) is 0 Å². The summed E-state index contributed by atoms with van der Waals surface area (Å²) in [6.07, 6.45) is 0. The zero-order chi connectivity index (χ0) is 20.6. The number of carbonyl (C=O) groups is 2. The van der Waals surface area contributed by atoms with E-state index in [0.717, 1.165) is 22.3 Å². The lowest BCUT2D eigenvalue weighted by atomic mass is 9.91. The van der Waals surface area contributed by atoms with Crippen molar-refractivity contribution in [2.75, 3.05) is 6.61 Å². The van der Waals surface area contributed by atoms with E-state index >= 15 is 0 Å². The molecule has 0 bridgehead atoms. The molecule has 148 valence electrons. The van der Waals surface area contributed by atoms with E-state index in [1.54, 1.807) is 0 Å². The zero-order valence-electron chi connectivity index (χ0n) is 16.5. The minimum absolute atomic E-state index is 0.189. The SMILES string of the molecule is Cc1ccc(OCC(=O)NNC(=O)C(c2ccccc2)c2ccccc2)c(C)c1. The van der Waals surface area contributed by atoms with Gasteiger partial charge in [-0.1, -0.05) is 78.4 Å². The van der Waals surface area contributed by atoms with Crippen LogP contribution in [-0.4, -0.2) is 18.4 Å². The van der Waals surface area contributed by atoms with Crippen LogP contribution >= 0.6 is 0 Å². The van der Waals surface area contributed by atoms with Gasteiger partial charge in [0.05, 0.1) is 5.92 Å². The van der Waals surface area contributed by atoms with Gasteiger partial charge in [0.25, 0.3) is 5.91 Å². The van der Waals surface area contributed by atoms with Gasteiger partial charge in [-0.3, -0.25) is 20.4 Å². The first-order valence-electron chi connectivity index (χ1n) is 9.43. The standard InChI is InChI=1S/C24H24N2O3/c1-17-13-14-21(18(2)15-17)29-16-22(27)25-26-24(28)23(19-9-5-3-6-10-19)20-11-7-4-8-12-20/h3-15,23H,16H2,1-2H3,(H,25,27)(H,26,28). The van der Waals surface area contributed by atoms with Crippen LogP contribution in [0.15, 0.2) is 78.9 Å². The molecule has 3 aromatic carbocycles. The summed E-state index contributed by atoms with van der Waals surface area (Å²) >= 11 is 0. The van der Waals surface area contributed by atoms with Crippen LogP contribution in [0, 0.1) is 13.8 Å². The molecule has 2 N–H and O–H groups in total. The van der Waals surface area contributed by atoms with Crippen LogP contribution in [0.4, 0.5) is 0 Å². The van der Waals surface area contributed by atoms with Crippen LogP contribution in [0.5, 0.6) is 5.75 Å². The first-order valence-corrected chi connectivity index (χ1v) is 9.43. The summed E-state index contributed by atoms with van der Waals surface area (Å²) in [5.41, 5.74) is 8.73. The minimum atomic E-state index is -0.530. The summed E-state index contributed by atoms with van der Waals surface area (Å²) in [6.45, 7) is 3.73. The van der Waals surface area contributed by atoms with Crippen LogP contribution < -0.4 is 15.6 Å². The maximum atomic E-state index is 12.8. The molecule has 0 saturated carbocycles. The Hall–Kier alpha value is -3.60. The Balaban J connectivity index is 1.62. The van der Waals surface area contributed by atoms with Gasteiger partial charge in [0.15, 0.2) is 6.61 Å². The number of ether oxygens (including phenoxy) is 1. The molecule has 0 aliphatic carbocycles. The predicted octanol–water partition coefficient (Wildman–Crippen LogP) is 3.66. The van der Waals surface area contributed by atoms with Gasteiger partial charge in [0, 0.05) is 0 Å². The van der Waals surface area contributed by atoms with Gasteiger partial charge < -0.3 is 4.74 Å². The van der Waals surface area contributed by atoms with E-state index in [1.807, 2.05) is 92.7 Å². The van der Waals surface area contributed by atoms with Crippen molar-refractivity contribution in [2.45, 2.75) is 19.8 Å². The zero-order valence-corrected chi connectivity index (χ0v) is 16.5. The summed E-state index contributed by atoms with van der Waals surface area (Å²) in [7, 11) is 0. The molecule has 0 aromatic heterocycles. The van der Waals surface area contributed by atoms with Gasteiger partial charge in [0.1, 0.15) is 5.75 Å². The highest BCUT2D eigenvalue weighted by atomic mass is 16.5. The fraction of sp³-hybridized carbons (Fsp3) is 0.167. The highest BCUT2D eigenvalue weighted by Crippen LogP contribution is 2.24. The third kappa shape index (κ3) is 5.45. The van der Waals surface area contributed by atoms with Crippen molar-refractivity contribution < 1.29 is 14.3 Å². The van der Waals surface area contributed by atoms with Crippen LogP contribution in [-0.2, 0) is 9.59 Å². The van der Waals surface area contributed by atoms with Crippen molar-refractivity contribution in [3.8, 4) is 5.75 Å². The average Bonchev–Trinajstić information content (AvgIpc) is 2.73. The molecule has 3 rings (SSSR count). The number of amides is 2. The third-order valence-electron chi connectivity index (χ3n) is 4.54. The molecule has 5 nitrogen and oxygen atoms in total. The first-order chi connectivity index (χ1) is 14.0. The Morgan fingerprint density at radius 2 is 1.41 bits per heavy atom. The van der Waals surface area contributed by atoms with Gasteiger partial charge in [-0.05, 0) is 36.6 Å². The van der Waals surface area contributed by atoms with Crippen molar-refractivity contribution in [2.24, 2.45) is 0 Å². The normalized spacial score (nSPS) is 10.4. The number of hydrogen-bond acceptors (Lipinski definition) is 3. The minimum Gasteiger partial charge on any atom is -0.483 e. The van der Waals surface area contributed by atoms with Gasteiger partial charge in [-0.2, -0.15) is 0 Å². The fourth-order valence-electron chi connectivity index (χ4n) is 3.13. The summed E-state index contributed by atoms with van der Waals surface area (Å²) in [6, 6.07) is 24.6.